The number of carbonyl (C=O) groups is 1. The number of aliphatic hydroxyl groups is 1. The Morgan fingerprint density at radius 1 is 1.27 bits per heavy atom. The molecule has 3 aromatic heterocycles. The number of aromatic amines is 1. The number of thiazole rings is 1. The van der Waals surface area contributed by atoms with Crippen LogP contribution in [-0.4, -0.2) is 62.3 Å². The molecule has 0 spiro atoms. The van der Waals surface area contributed by atoms with E-state index in [1.54, 1.807) is 6.20 Å². The molecule has 0 saturated carbocycles. The summed E-state index contributed by atoms with van der Waals surface area (Å²) in [5, 5.41) is 21.1. The van der Waals surface area contributed by atoms with Crippen LogP contribution in [-0.2, 0) is 4.79 Å². The predicted molar refractivity (Wildman–Crippen MR) is 133 cm³/mol. The molecule has 170 valence electrons. The van der Waals surface area contributed by atoms with Gasteiger partial charge in [-0.3, -0.25) is 19.8 Å². The molecule has 1 amide bonds. The topological polar surface area (TPSA) is 107 Å². The standard InChI is InChI=1S/C24H26N6O2S/c1-3-30(12-13-31)15-22(32)27-24-26-16(2)23(33-24)17-7-9-19-20(28-29-21(19)14-17)10-8-18-6-4-5-11-25-18/h4-11,14,31H,3,12-13,15H2,1-2H3,(H,28,29)(H,26,27,32)/b10-8+. The summed E-state index contributed by atoms with van der Waals surface area (Å²) in [4.78, 5) is 24.1. The molecule has 0 fully saturated rings. The molecular formula is C24H26N6O2S. The number of likely N-dealkylation sites (N-methyl/N-ethyl adjacent to an activating group) is 1. The number of benzene rings is 1. The zero-order valence-electron chi connectivity index (χ0n) is 18.6. The Bertz CT molecular complexity index is 1260. The van der Waals surface area contributed by atoms with Crippen molar-refractivity contribution in [2.24, 2.45) is 0 Å². The third-order valence-corrected chi connectivity index (χ3v) is 6.35. The zero-order valence-corrected chi connectivity index (χ0v) is 19.4. The molecule has 0 unspecified atom stereocenters. The smallest absolute Gasteiger partial charge is 0.240 e. The van der Waals surface area contributed by atoms with E-state index in [4.69, 9.17) is 5.11 Å². The highest BCUT2D eigenvalue weighted by molar-refractivity contribution is 7.19. The van der Waals surface area contributed by atoms with Crippen molar-refractivity contribution in [1.29, 1.82) is 0 Å². The molecule has 0 aliphatic heterocycles. The Kier molecular flexibility index (Phi) is 7.23. The van der Waals surface area contributed by atoms with Crippen LogP contribution < -0.4 is 5.32 Å². The molecular weight excluding hydrogens is 436 g/mol. The predicted octanol–water partition coefficient (Wildman–Crippen LogP) is 3.81. The van der Waals surface area contributed by atoms with Gasteiger partial charge in [-0.15, -0.1) is 0 Å². The normalized spacial score (nSPS) is 11.6. The first-order valence-corrected chi connectivity index (χ1v) is 11.6. The molecule has 0 radical (unpaired) electrons. The lowest BCUT2D eigenvalue weighted by Gasteiger charge is -2.17. The van der Waals surface area contributed by atoms with Crippen LogP contribution in [0, 0.1) is 6.92 Å². The van der Waals surface area contributed by atoms with Gasteiger partial charge in [0, 0.05) is 18.1 Å². The minimum Gasteiger partial charge on any atom is -0.395 e. The molecule has 0 atom stereocenters. The molecule has 0 aliphatic rings. The number of H-pyrrole nitrogens is 1. The third-order valence-electron chi connectivity index (χ3n) is 5.23. The maximum absolute atomic E-state index is 12.4. The van der Waals surface area contributed by atoms with Crippen LogP contribution in [0.4, 0.5) is 5.13 Å². The maximum atomic E-state index is 12.4. The number of aryl methyl sites for hydroxylation is 1. The van der Waals surface area contributed by atoms with Gasteiger partial charge in [0.2, 0.25) is 5.91 Å². The zero-order chi connectivity index (χ0) is 23.2. The molecule has 4 rings (SSSR count). The van der Waals surface area contributed by atoms with Gasteiger partial charge in [-0.05, 0) is 55.4 Å². The van der Waals surface area contributed by atoms with E-state index in [0.29, 0.717) is 18.2 Å². The van der Waals surface area contributed by atoms with Crippen LogP contribution in [0.5, 0.6) is 0 Å². The monoisotopic (exact) mass is 462 g/mol. The fourth-order valence-electron chi connectivity index (χ4n) is 3.52. The number of nitrogens with one attached hydrogen (secondary N) is 2. The van der Waals surface area contributed by atoms with Gasteiger partial charge in [0.1, 0.15) is 0 Å². The molecule has 0 aliphatic carbocycles. The summed E-state index contributed by atoms with van der Waals surface area (Å²) in [7, 11) is 0. The van der Waals surface area contributed by atoms with Gasteiger partial charge in [0.25, 0.3) is 0 Å². The number of anilines is 1. The number of hydrogen-bond donors (Lipinski definition) is 3. The van der Waals surface area contributed by atoms with Crippen molar-refractivity contribution in [1.82, 2.24) is 25.1 Å². The Hall–Kier alpha value is -3.40. The number of carbonyl (C=O) groups excluding carboxylic acids is 1. The first-order chi connectivity index (χ1) is 16.1. The van der Waals surface area contributed by atoms with Crippen molar-refractivity contribution in [3.8, 4) is 10.4 Å². The summed E-state index contributed by atoms with van der Waals surface area (Å²) in [6.07, 6.45) is 5.65. The van der Waals surface area contributed by atoms with Crippen molar-refractivity contribution >= 4 is 45.4 Å². The molecule has 9 heteroatoms. The van der Waals surface area contributed by atoms with Gasteiger partial charge in [0.15, 0.2) is 5.13 Å². The second-order valence-electron chi connectivity index (χ2n) is 7.53. The van der Waals surface area contributed by atoms with Gasteiger partial charge < -0.3 is 10.4 Å². The average molecular weight is 463 g/mol. The molecule has 3 N–H and O–H groups in total. The highest BCUT2D eigenvalue weighted by Gasteiger charge is 2.15. The Morgan fingerprint density at radius 3 is 2.91 bits per heavy atom. The number of rotatable bonds is 9. The van der Waals surface area contributed by atoms with E-state index < -0.39 is 0 Å². The summed E-state index contributed by atoms with van der Waals surface area (Å²) >= 11 is 1.44. The number of aliphatic hydroxyl groups excluding tert-OH is 1. The summed E-state index contributed by atoms with van der Waals surface area (Å²) in [6.45, 7) is 5.30. The third kappa shape index (κ3) is 5.51. The van der Waals surface area contributed by atoms with E-state index in [9.17, 15) is 4.79 Å². The number of hydrogen-bond acceptors (Lipinski definition) is 7. The second kappa shape index (κ2) is 10.5. The van der Waals surface area contributed by atoms with Crippen LogP contribution in [0.3, 0.4) is 0 Å². The van der Waals surface area contributed by atoms with Crippen molar-refractivity contribution in [3.63, 3.8) is 0 Å². The van der Waals surface area contributed by atoms with E-state index in [1.165, 1.54) is 11.3 Å². The van der Waals surface area contributed by atoms with Crippen molar-refractivity contribution in [2.75, 3.05) is 31.6 Å². The SMILES string of the molecule is CCN(CCO)CC(=O)Nc1nc(C)c(-c2ccc3c(/C=C/c4ccccn4)n[nH]c3c2)s1. The Labute approximate surface area is 196 Å². The number of aromatic nitrogens is 4. The molecule has 0 saturated heterocycles. The Morgan fingerprint density at radius 2 is 2.15 bits per heavy atom. The molecule has 33 heavy (non-hydrogen) atoms. The minimum atomic E-state index is -0.140. The average Bonchev–Trinajstić information content (AvgIpc) is 3.40. The minimum absolute atomic E-state index is 0.0261. The van der Waals surface area contributed by atoms with Crippen molar-refractivity contribution in [2.45, 2.75) is 13.8 Å². The number of pyridine rings is 1. The van der Waals surface area contributed by atoms with E-state index in [1.807, 2.05) is 67.3 Å². The second-order valence-corrected chi connectivity index (χ2v) is 8.53. The first-order valence-electron chi connectivity index (χ1n) is 10.8. The summed E-state index contributed by atoms with van der Waals surface area (Å²) in [5.74, 6) is -0.140. The number of fused-ring (bicyclic) bond motifs is 1. The van der Waals surface area contributed by atoms with Gasteiger partial charge in [-0.25, -0.2) is 4.98 Å². The largest absolute Gasteiger partial charge is 0.395 e. The summed E-state index contributed by atoms with van der Waals surface area (Å²) in [5.41, 5.74) is 4.51. The number of amides is 1. The fraction of sp³-hybridized carbons (Fsp3) is 0.250. The van der Waals surface area contributed by atoms with Gasteiger partial charge >= 0.3 is 0 Å². The molecule has 4 aromatic rings. The first kappa shape index (κ1) is 22.8. The Balaban J connectivity index is 1.51. The lowest BCUT2D eigenvalue weighted by Crippen LogP contribution is -2.35. The molecule has 8 nitrogen and oxygen atoms in total. The molecule has 1 aromatic carbocycles. The number of nitrogens with zero attached hydrogens (tertiary/aromatic N) is 4. The van der Waals surface area contributed by atoms with E-state index in [-0.39, 0.29) is 19.1 Å². The van der Waals surface area contributed by atoms with E-state index in [0.717, 1.165) is 38.4 Å². The van der Waals surface area contributed by atoms with Crippen LogP contribution in [0.1, 0.15) is 24.0 Å². The van der Waals surface area contributed by atoms with Crippen LogP contribution in [0.25, 0.3) is 33.5 Å². The van der Waals surface area contributed by atoms with Crippen LogP contribution in [0.2, 0.25) is 0 Å². The van der Waals surface area contributed by atoms with Gasteiger partial charge in [0.05, 0.1) is 40.6 Å². The van der Waals surface area contributed by atoms with Crippen molar-refractivity contribution in [3.05, 3.63) is 59.7 Å². The molecule has 0 bridgehead atoms. The maximum Gasteiger partial charge on any atom is 0.240 e. The van der Waals surface area contributed by atoms with Crippen LogP contribution >= 0.6 is 11.3 Å². The van der Waals surface area contributed by atoms with Gasteiger partial charge in [-0.2, -0.15) is 5.10 Å². The van der Waals surface area contributed by atoms with E-state index in [2.05, 4.69) is 25.5 Å². The summed E-state index contributed by atoms with van der Waals surface area (Å²) in [6, 6.07) is 11.9. The summed E-state index contributed by atoms with van der Waals surface area (Å²) < 4.78 is 0. The highest BCUT2D eigenvalue weighted by Crippen LogP contribution is 2.34. The van der Waals surface area contributed by atoms with Gasteiger partial charge in [-0.1, -0.05) is 30.4 Å². The quantitative estimate of drug-likeness (QED) is 0.349. The molecule has 3 heterocycles. The van der Waals surface area contributed by atoms with Crippen LogP contribution in [0.15, 0.2) is 42.6 Å². The fourth-order valence-corrected chi connectivity index (χ4v) is 4.50. The van der Waals surface area contributed by atoms with E-state index >= 15 is 0 Å². The van der Waals surface area contributed by atoms with Crippen molar-refractivity contribution < 1.29 is 9.90 Å². The highest BCUT2D eigenvalue weighted by atomic mass is 32.1. The lowest BCUT2D eigenvalue weighted by molar-refractivity contribution is -0.117. The lowest BCUT2D eigenvalue weighted by atomic mass is 10.1.